The Morgan fingerprint density at radius 1 is 1.17 bits per heavy atom. The van der Waals surface area contributed by atoms with Crippen molar-refractivity contribution in [1.82, 2.24) is 0 Å². The average molecular weight is 544 g/mol. The number of ether oxygens (including phenoxy) is 1. The SMILES string of the molecule is C[C@H](O)COCC1(O)C2CCC1CC(S(=O)(=O)c1cc(C(=O)Nc3ccc(F)c(F)c3)ccc1Cl)C2. The molecule has 0 saturated heterocycles. The second-order valence-electron chi connectivity index (χ2n) is 9.69. The van der Waals surface area contributed by atoms with Crippen molar-refractivity contribution in [3.63, 3.8) is 0 Å². The third-order valence-electron chi connectivity index (χ3n) is 7.18. The zero-order chi connectivity index (χ0) is 26.3. The molecule has 2 fully saturated rings. The summed E-state index contributed by atoms with van der Waals surface area (Å²) in [5.41, 5.74) is -1.15. The monoisotopic (exact) mass is 543 g/mol. The lowest BCUT2D eigenvalue weighted by Crippen LogP contribution is -2.51. The molecule has 3 N–H and O–H groups in total. The largest absolute Gasteiger partial charge is 0.391 e. The highest BCUT2D eigenvalue weighted by molar-refractivity contribution is 7.92. The Balaban J connectivity index is 1.53. The first kappa shape index (κ1) is 26.9. The molecular formula is C25H28ClF2NO6S. The van der Waals surface area contributed by atoms with E-state index in [4.69, 9.17) is 16.3 Å². The van der Waals surface area contributed by atoms with E-state index >= 15 is 0 Å². The summed E-state index contributed by atoms with van der Waals surface area (Å²) in [4.78, 5) is 12.5. The zero-order valence-electron chi connectivity index (χ0n) is 19.6. The molecule has 2 unspecified atom stereocenters. The first-order chi connectivity index (χ1) is 16.9. The van der Waals surface area contributed by atoms with Crippen LogP contribution in [0.4, 0.5) is 14.5 Å². The molecule has 2 aliphatic rings. The lowest BCUT2D eigenvalue weighted by atomic mass is 9.75. The second kappa shape index (κ2) is 10.3. The molecule has 7 nitrogen and oxygen atoms in total. The molecule has 2 aliphatic carbocycles. The number of nitrogens with one attached hydrogen (secondary N) is 1. The molecule has 196 valence electrons. The Morgan fingerprint density at radius 2 is 1.83 bits per heavy atom. The summed E-state index contributed by atoms with van der Waals surface area (Å²) in [6.07, 6.45) is 1.09. The summed E-state index contributed by atoms with van der Waals surface area (Å²) < 4.78 is 59.3. The summed E-state index contributed by atoms with van der Waals surface area (Å²) in [5, 5.41) is 22.3. The molecule has 0 spiro atoms. The molecule has 0 aromatic heterocycles. The number of anilines is 1. The molecule has 2 saturated carbocycles. The molecule has 4 rings (SSSR count). The van der Waals surface area contributed by atoms with Crippen LogP contribution in [0.2, 0.25) is 5.02 Å². The fourth-order valence-electron chi connectivity index (χ4n) is 5.31. The van der Waals surface area contributed by atoms with Crippen molar-refractivity contribution < 1.29 is 36.9 Å². The average Bonchev–Trinajstić information content (AvgIpc) is 2.98. The zero-order valence-corrected chi connectivity index (χ0v) is 21.2. The first-order valence-electron chi connectivity index (χ1n) is 11.7. The summed E-state index contributed by atoms with van der Waals surface area (Å²) in [6.45, 7) is 1.69. The molecule has 0 heterocycles. The van der Waals surface area contributed by atoms with Gasteiger partial charge >= 0.3 is 0 Å². The number of amides is 1. The van der Waals surface area contributed by atoms with E-state index < -0.39 is 44.3 Å². The summed E-state index contributed by atoms with van der Waals surface area (Å²) in [5.74, 6) is -3.47. The lowest BCUT2D eigenvalue weighted by Gasteiger charge is -2.42. The standard InChI is InChI=1S/C25H28ClF2NO6S/c1-14(30)12-35-13-25(32)16-3-4-17(25)10-19(9-16)36(33,34)23-8-15(2-6-20(23)26)24(31)29-18-5-7-21(27)22(28)11-18/h2,5-8,11,14,16-17,19,30,32H,3-4,9-10,12-13H2,1H3,(H,29,31)/t14-,16?,17?,19?,25?/m0/s1. The van der Waals surface area contributed by atoms with Crippen LogP contribution < -0.4 is 5.32 Å². The molecule has 36 heavy (non-hydrogen) atoms. The third kappa shape index (κ3) is 5.28. The number of halogens is 3. The number of aliphatic hydroxyl groups excluding tert-OH is 1. The number of hydrogen-bond acceptors (Lipinski definition) is 6. The van der Waals surface area contributed by atoms with Gasteiger partial charge in [-0.15, -0.1) is 0 Å². The number of hydrogen-bond donors (Lipinski definition) is 3. The summed E-state index contributed by atoms with van der Waals surface area (Å²) >= 11 is 6.25. The van der Waals surface area contributed by atoms with Gasteiger partial charge in [-0.25, -0.2) is 17.2 Å². The van der Waals surface area contributed by atoms with Crippen molar-refractivity contribution in [1.29, 1.82) is 0 Å². The van der Waals surface area contributed by atoms with Crippen LogP contribution in [0.15, 0.2) is 41.3 Å². The Morgan fingerprint density at radius 3 is 2.44 bits per heavy atom. The Labute approximate surface area is 213 Å². The normalized spacial score (nSPS) is 26.6. The van der Waals surface area contributed by atoms with E-state index in [1.807, 2.05) is 0 Å². The van der Waals surface area contributed by atoms with E-state index in [1.54, 1.807) is 6.92 Å². The van der Waals surface area contributed by atoms with Gasteiger partial charge in [-0.3, -0.25) is 4.79 Å². The fraction of sp³-hybridized carbons (Fsp3) is 0.480. The van der Waals surface area contributed by atoms with E-state index in [0.29, 0.717) is 12.8 Å². The van der Waals surface area contributed by atoms with Gasteiger partial charge in [0.05, 0.1) is 40.1 Å². The van der Waals surface area contributed by atoms with E-state index in [9.17, 15) is 32.2 Å². The molecule has 2 aromatic rings. The fourth-order valence-corrected chi connectivity index (χ4v) is 7.71. The lowest BCUT2D eigenvalue weighted by molar-refractivity contribution is -0.121. The molecule has 0 radical (unpaired) electrons. The minimum absolute atomic E-state index is 0.00971. The molecule has 2 aromatic carbocycles. The maximum absolute atomic E-state index is 13.6. The number of sulfone groups is 1. The van der Waals surface area contributed by atoms with E-state index in [2.05, 4.69) is 5.32 Å². The minimum Gasteiger partial charge on any atom is -0.391 e. The van der Waals surface area contributed by atoms with Crippen LogP contribution in [-0.2, 0) is 14.6 Å². The van der Waals surface area contributed by atoms with Crippen LogP contribution in [0.5, 0.6) is 0 Å². The van der Waals surface area contributed by atoms with Gasteiger partial charge in [-0.1, -0.05) is 11.6 Å². The predicted octanol–water partition coefficient (Wildman–Crippen LogP) is 3.96. The smallest absolute Gasteiger partial charge is 0.255 e. The van der Waals surface area contributed by atoms with Gasteiger partial charge < -0.3 is 20.3 Å². The molecular weight excluding hydrogens is 516 g/mol. The number of benzene rings is 2. The highest BCUT2D eigenvalue weighted by Gasteiger charge is 2.55. The maximum Gasteiger partial charge on any atom is 0.255 e. The minimum atomic E-state index is -3.96. The Kier molecular flexibility index (Phi) is 7.73. The van der Waals surface area contributed by atoms with Gasteiger partial charge in [0.1, 0.15) is 0 Å². The van der Waals surface area contributed by atoms with Crippen LogP contribution >= 0.6 is 11.6 Å². The van der Waals surface area contributed by atoms with Crippen molar-refractivity contribution in [3.8, 4) is 0 Å². The van der Waals surface area contributed by atoms with E-state index in [1.165, 1.54) is 24.3 Å². The maximum atomic E-state index is 13.6. The summed E-state index contributed by atoms with van der Waals surface area (Å²) in [6, 6.07) is 6.72. The highest BCUT2D eigenvalue weighted by atomic mass is 35.5. The van der Waals surface area contributed by atoms with Crippen molar-refractivity contribution in [2.24, 2.45) is 11.8 Å². The van der Waals surface area contributed by atoms with E-state index in [0.717, 1.165) is 12.1 Å². The topological polar surface area (TPSA) is 113 Å². The van der Waals surface area contributed by atoms with Crippen molar-refractivity contribution in [2.75, 3.05) is 18.5 Å². The number of fused-ring (bicyclic) bond motifs is 2. The highest BCUT2D eigenvalue weighted by Crippen LogP contribution is 2.52. The van der Waals surface area contributed by atoms with Crippen molar-refractivity contribution in [3.05, 3.63) is 58.6 Å². The van der Waals surface area contributed by atoms with Gasteiger partial charge in [-0.05, 0) is 74.8 Å². The number of carbonyl (C=O) groups excluding carboxylic acids is 1. The van der Waals surface area contributed by atoms with Gasteiger partial charge in [0.25, 0.3) is 5.91 Å². The van der Waals surface area contributed by atoms with Crippen LogP contribution in [0.3, 0.4) is 0 Å². The second-order valence-corrected chi connectivity index (χ2v) is 12.3. The number of rotatable bonds is 8. The van der Waals surface area contributed by atoms with Crippen LogP contribution in [-0.4, -0.2) is 54.7 Å². The third-order valence-corrected chi connectivity index (χ3v) is 9.84. The number of carbonyl (C=O) groups is 1. The molecule has 1 amide bonds. The van der Waals surface area contributed by atoms with Gasteiger partial charge in [0.2, 0.25) is 0 Å². The van der Waals surface area contributed by atoms with E-state index in [-0.39, 0.29) is 59.1 Å². The van der Waals surface area contributed by atoms with Crippen molar-refractivity contribution in [2.45, 2.75) is 54.5 Å². The predicted molar refractivity (Wildman–Crippen MR) is 130 cm³/mol. The van der Waals surface area contributed by atoms with Gasteiger partial charge in [0.15, 0.2) is 21.5 Å². The Bertz CT molecular complexity index is 1240. The van der Waals surface area contributed by atoms with Crippen LogP contribution in [0.1, 0.15) is 43.0 Å². The van der Waals surface area contributed by atoms with Crippen molar-refractivity contribution >= 4 is 33.0 Å². The Hall–Kier alpha value is -2.11. The quantitative estimate of drug-likeness (QED) is 0.464. The summed E-state index contributed by atoms with van der Waals surface area (Å²) in [7, 11) is -3.96. The molecule has 11 heteroatoms. The van der Waals surface area contributed by atoms with Gasteiger partial charge in [0, 0.05) is 17.3 Å². The molecule has 2 bridgehead atoms. The number of aliphatic hydroxyl groups is 2. The molecule has 3 atom stereocenters. The van der Waals surface area contributed by atoms with Gasteiger partial charge in [-0.2, -0.15) is 0 Å². The first-order valence-corrected chi connectivity index (χ1v) is 13.6. The molecule has 0 aliphatic heterocycles. The van der Waals surface area contributed by atoms with Crippen LogP contribution in [0, 0.1) is 23.5 Å². The van der Waals surface area contributed by atoms with Crippen LogP contribution in [0.25, 0.3) is 0 Å².